The van der Waals surface area contributed by atoms with Crippen molar-refractivity contribution in [2.45, 2.75) is 6.43 Å². The maximum Gasteiger partial charge on any atom is 0.332 e. The monoisotopic (exact) mass is 215 g/mol. The lowest BCUT2D eigenvalue weighted by Crippen LogP contribution is -1.99. The summed E-state index contributed by atoms with van der Waals surface area (Å²) >= 11 is 0. The van der Waals surface area contributed by atoms with Gasteiger partial charge in [0.1, 0.15) is 6.07 Å². The number of hydrogen-bond acceptors (Lipinski definition) is 5. The van der Waals surface area contributed by atoms with Crippen molar-refractivity contribution in [3.63, 3.8) is 0 Å². The second kappa shape index (κ2) is 3.83. The third-order valence-electron chi connectivity index (χ3n) is 1.56. The molecular weight excluding hydrogens is 212 g/mol. The summed E-state index contributed by atoms with van der Waals surface area (Å²) in [6, 6.07) is 1.37. The minimum Gasteiger partial charge on any atom is -0.501 e. The van der Waals surface area contributed by atoms with E-state index in [1.54, 1.807) is 0 Å². The molecule has 1 aromatic rings. The number of aromatic hydroxyl groups is 1. The summed E-state index contributed by atoms with van der Waals surface area (Å²) in [5.74, 6) is -1.27. The topological polar surface area (TPSA) is 100 Å². The van der Waals surface area contributed by atoms with Crippen LogP contribution in [0.2, 0.25) is 0 Å². The van der Waals surface area contributed by atoms with E-state index in [1.165, 1.54) is 6.07 Å². The Bertz CT molecular complexity index is 456. The summed E-state index contributed by atoms with van der Waals surface area (Å²) in [6.07, 6.45) is -2.52. The van der Waals surface area contributed by atoms with Gasteiger partial charge in [-0.15, -0.1) is 0 Å². The van der Waals surface area contributed by atoms with Crippen molar-refractivity contribution in [1.29, 1.82) is 5.26 Å². The van der Waals surface area contributed by atoms with Gasteiger partial charge in [0.05, 0.1) is 11.1 Å². The van der Waals surface area contributed by atoms with Crippen LogP contribution in [-0.4, -0.2) is 15.0 Å². The van der Waals surface area contributed by atoms with Crippen LogP contribution in [0.4, 0.5) is 14.5 Å². The Morgan fingerprint density at radius 3 is 2.67 bits per heavy atom. The number of rotatable bonds is 2. The first kappa shape index (κ1) is 10.8. The molecule has 0 aliphatic heterocycles. The molecule has 0 aliphatic rings. The molecule has 0 spiro atoms. The molecular formula is C7H3F2N3O3. The van der Waals surface area contributed by atoms with E-state index in [-0.39, 0.29) is 0 Å². The van der Waals surface area contributed by atoms with Gasteiger partial charge >= 0.3 is 5.69 Å². The van der Waals surface area contributed by atoms with E-state index in [1.807, 2.05) is 0 Å². The van der Waals surface area contributed by atoms with Crippen LogP contribution < -0.4 is 0 Å². The van der Waals surface area contributed by atoms with Crippen LogP contribution in [0.25, 0.3) is 0 Å². The average Bonchev–Trinajstić information content (AvgIpc) is 2.15. The quantitative estimate of drug-likeness (QED) is 0.595. The molecule has 6 nitrogen and oxygen atoms in total. The van der Waals surface area contributed by atoms with Crippen LogP contribution in [0.15, 0.2) is 6.20 Å². The van der Waals surface area contributed by atoms with E-state index in [4.69, 9.17) is 10.4 Å². The van der Waals surface area contributed by atoms with Crippen LogP contribution >= 0.6 is 0 Å². The van der Waals surface area contributed by atoms with Crippen molar-refractivity contribution in [2.75, 3.05) is 0 Å². The van der Waals surface area contributed by atoms with Crippen molar-refractivity contribution in [2.24, 2.45) is 0 Å². The molecule has 8 heteroatoms. The molecule has 0 saturated heterocycles. The fourth-order valence-corrected chi connectivity index (χ4v) is 0.932. The Morgan fingerprint density at radius 1 is 1.67 bits per heavy atom. The van der Waals surface area contributed by atoms with Gasteiger partial charge in [-0.25, -0.2) is 13.8 Å². The zero-order valence-corrected chi connectivity index (χ0v) is 7.02. The number of halogens is 2. The molecule has 1 rings (SSSR count). The number of aromatic nitrogens is 1. The second-order valence-corrected chi connectivity index (χ2v) is 2.42. The number of nitro groups is 1. The first-order valence-electron chi connectivity index (χ1n) is 3.53. The summed E-state index contributed by atoms with van der Waals surface area (Å²) < 4.78 is 24.4. The molecule has 15 heavy (non-hydrogen) atoms. The maximum atomic E-state index is 12.2. The van der Waals surface area contributed by atoms with Crippen LogP contribution in [-0.2, 0) is 0 Å². The first-order valence-corrected chi connectivity index (χ1v) is 3.53. The van der Waals surface area contributed by atoms with Crippen LogP contribution in [0.5, 0.6) is 5.75 Å². The lowest BCUT2D eigenvalue weighted by molar-refractivity contribution is -0.386. The summed E-state index contributed by atoms with van der Waals surface area (Å²) in [7, 11) is 0. The SMILES string of the molecule is N#Cc1cnc(C(F)F)c(O)c1[N+](=O)[O-]. The van der Waals surface area contributed by atoms with Gasteiger partial charge in [0, 0.05) is 0 Å². The van der Waals surface area contributed by atoms with Gasteiger partial charge in [-0.3, -0.25) is 10.1 Å². The Balaban J connectivity index is 3.51. The fraction of sp³-hybridized carbons (Fsp3) is 0.143. The van der Waals surface area contributed by atoms with E-state index >= 15 is 0 Å². The Kier molecular flexibility index (Phi) is 2.75. The number of nitriles is 1. The van der Waals surface area contributed by atoms with Gasteiger partial charge in [-0.05, 0) is 0 Å². The highest BCUT2D eigenvalue weighted by Gasteiger charge is 2.28. The second-order valence-electron chi connectivity index (χ2n) is 2.42. The highest BCUT2D eigenvalue weighted by Crippen LogP contribution is 2.36. The zero-order chi connectivity index (χ0) is 11.6. The summed E-state index contributed by atoms with van der Waals surface area (Å²) in [5.41, 5.74) is -2.73. The van der Waals surface area contributed by atoms with E-state index in [0.29, 0.717) is 6.20 Å². The van der Waals surface area contributed by atoms with Gasteiger partial charge < -0.3 is 5.11 Å². The molecule has 78 valence electrons. The van der Waals surface area contributed by atoms with Crippen LogP contribution in [0.3, 0.4) is 0 Å². The van der Waals surface area contributed by atoms with Crippen molar-refractivity contribution in [3.05, 3.63) is 27.6 Å². The standard InChI is InChI=1S/C7H3F2N3O3/c8-7(9)4-6(13)5(12(14)15)3(1-10)2-11-4/h2,7,13H. The number of pyridine rings is 1. The largest absolute Gasteiger partial charge is 0.501 e. The fourth-order valence-electron chi connectivity index (χ4n) is 0.932. The summed E-state index contributed by atoms with van der Waals surface area (Å²) in [4.78, 5) is 12.4. The van der Waals surface area contributed by atoms with E-state index in [2.05, 4.69) is 4.98 Å². The number of nitrogens with zero attached hydrogens (tertiary/aromatic N) is 3. The molecule has 1 heterocycles. The van der Waals surface area contributed by atoms with Gasteiger partial charge in [0.25, 0.3) is 6.43 Å². The minimum absolute atomic E-state index is 0.568. The minimum atomic E-state index is -3.14. The molecule has 0 bridgehead atoms. The van der Waals surface area contributed by atoms with Crippen LogP contribution in [0.1, 0.15) is 17.7 Å². The average molecular weight is 215 g/mol. The predicted octanol–water partition coefficient (Wildman–Crippen LogP) is 1.50. The van der Waals surface area contributed by atoms with Crippen LogP contribution in [0, 0.1) is 21.4 Å². The Hall–Kier alpha value is -2.30. The third-order valence-corrected chi connectivity index (χ3v) is 1.56. The maximum absolute atomic E-state index is 12.2. The molecule has 0 aromatic carbocycles. The molecule has 0 unspecified atom stereocenters. The third kappa shape index (κ3) is 1.80. The highest BCUT2D eigenvalue weighted by atomic mass is 19.3. The lowest BCUT2D eigenvalue weighted by atomic mass is 10.2. The van der Waals surface area contributed by atoms with E-state index in [9.17, 15) is 18.9 Å². The van der Waals surface area contributed by atoms with Gasteiger partial charge in [-0.2, -0.15) is 5.26 Å². The molecule has 0 aliphatic carbocycles. The molecule has 0 atom stereocenters. The molecule has 0 fully saturated rings. The Morgan fingerprint density at radius 2 is 2.27 bits per heavy atom. The van der Waals surface area contributed by atoms with Crippen molar-refractivity contribution in [3.8, 4) is 11.8 Å². The zero-order valence-electron chi connectivity index (χ0n) is 7.02. The first-order chi connectivity index (χ1) is 6.99. The van der Waals surface area contributed by atoms with Crippen molar-refractivity contribution < 1.29 is 18.8 Å². The molecule has 0 radical (unpaired) electrons. The lowest BCUT2D eigenvalue weighted by Gasteiger charge is -2.03. The predicted molar refractivity (Wildman–Crippen MR) is 42.2 cm³/mol. The number of alkyl halides is 2. The summed E-state index contributed by atoms with van der Waals surface area (Å²) in [6.45, 7) is 0. The molecule has 1 N–H and O–H groups in total. The van der Waals surface area contributed by atoms with Gasteiger partial charge in [-0.1, -0.05) is 0 Å². The van der Waals surface area contributed by atoms with Gasteiger partial charge in [0.15, 0.2) is 11.3 Å². The smallest absolute Gasteiger partial charge is 0.332 e. The Labute approximate surface area is 81.6 Å². The van der Waals surface area contributed by atoms with E-state index in [0.717, 1.165) is 0 Å². The van der Waals surface area contributed by atoms with Crippen molar-refractivity contribution >= 4 is 5.69 Å². The highest BCUT2D eigenvalue weighted by molar-refractivity contribution is 5.58. The van der Waals surface area contributed by atoms with Crippen molar-refractivity contribution in [1.82, 2.24) is 4.98 Å². The molecule has 1 aromatic heterocycles. The van der Waals surface area contributed by atoms with Gasteiger partial charge in [0.2, 0.25) is 5.75 Å². The number of hydrogen-bond donors (Lipinski definition) is 1. The molecule has 0 saturated carbocycles. The van der Waals surface area contributed by atoms with E-state index < -0.39 is 34.0 Å². The normalized spacial score (nSPS) is 10.0. The summed E-state index contributed by atoms with van der Waals surface area (Å²) in [5, 5.41) is 27.9. The molecule has 0 amide bonds.